The standard InChI is InChI=1S/C17H14FNS/c1-12(13-5-4-6-14(18)11-13)20-17-9-10-19-16-8-3-2-7-15(16)17/h2-12H,1H3. The Labute approximate surface area is 121 Å². The molecule has 0 bridgehead atoms. The predicted octanol–water partition coefficient (Wildman–Crippen LogP) is 5.23. The van der Waals surface area contributed by atoms with Crippen LogP contribution >= 0.6 is 11.8 Å². The first-order chi connectivity index (χ1) is 9.74. The Balaban J connectivity index is 1.93. The summed E-state index contributed by atoms with van der Waals surface area (Å²) in [5.41, 5.74) is 1.99. The first-order valence-corrected chi connectivity index (χ1v) is 7.38. The minimum absolute atomic E-state index is 0.186. The second-order valence-corrected chi connectivity index (χ2v) is 6.02. The molecule has 1 unspecified atom stereocenters. The van der Waals surface area contributed by atoms with Crippen molar-refractivity contribution in [1.29, 1.82) is 0 Å². The van der Waals surface area contributed by atoms with Crippen LogP contribution in [0.15, 0.2) is 65.7 Å². The van der Waals surface area contributed by atoms with Crippen molar-refractivity contribution >= 4 is 22.7 Å². The quantitative estimate of drug-likeness (QED) is 0.611. The van der Waals surface area contributed by atoms with E-state index in [4.69, 9.17) is 0 Å². The van der Waals surface area contributed by atoms with Crippen LogP contribution in [0.2, 0.25) is 0 Å². The van der Waals surface area contributed by atoms with Crippen molar-refractivity contribution in [3.8, 4) is 0 Å². The number of hydrogen-bond acceptors (Lipinski definition) is 2. The molecule has 1 aromatic heterocycles. The highest BCUT2D eigenvalue weighted by Gasteiger charge is 2.10. The van der Waals surface area contributed by atoms with Crippen LogP contribution in [-0.4, -0.2) is 4.98 Å². The van der Waals surface area contributed by atoms with E-state index in [0.29, 0.717) is 0 Å². The molecular weight excluding hydrogens is 269 g/mol. The van der Waals surface area contributed by atoms with Crippen LogP contribution < -0.4 is 0 Å². The molecule has 1 atom stereocenters. The Hall–Kier alpha value is -1.87. The lowest BCUT2D eigenvalue weighted by Gasteiger charge is -2.13. The van der Waals surface area contributed by atoms with E-state index >= 15 is 0 Å². The maximum atomic E-state index is 13.3. The molecule has 3 rings (SSSR count). The summed E-state index contributed by atoms with van der Waals surface area (Å²) in [4.78, 5) is 5.54. The molecule has 0 amide bonds. The van der Waals surface area contributed by atoms with Crippen LogP contribution in [0.25, 0.3) is 10.9 Å². The Morgan fingerprint density at radius 2 is 1.90 bits per heavy atom. The van der Waals surface area contributed by atoms with Gasteiger partial charge in [0.1, 0.15) is 5.82 Å². The summed E-state index contributed by atoms with van der Waals surface area (Å²) < 4.78 is 13.3. The van der Waals surface area contributed by atoms with Gasteiger partial charge in [0, 0.05) is 21.7 Å². The van der Waals surface area contributed by atoms with Gasteiger partial charge in [0.05, 0.1) is 5.52 Å². The number of hydrogen-bond donors (Lipinski definition) is 0. The van der Waals surface area contributed by atoms with Gasteiger partial charge in [0.25, 0.3) is 0 Å². The van der Waals surface area contributed by atoms with Gasteiger partial charge in [0.2, 0.25) is 0 Å². The van der Waals surface area contributed by atoms with Crippen LogP contribution in [0.3, 0.4) is 0 Å². The van der Waals surface area contributed by atoms with Crippen molar-refractivity contribution in [2.75, 3.05) is 0 Å². The van der Waals surface area contributed by atoms with Crippen LogP contribution in [0.4, 0.5) is 4.39 Å². The third kappa shape index (κ3) is 2.68. The summed E-state index contributed by atoms with van der Waals surface area (Å²) in [7, 11) is 0. The number of pyridine rings is 1. The highest BCUT2D eigenvalue weighted by Crippen LogP contribution is 2.37. The largest absolute Gasteiger partial charge is 0.256 e. The lowest BCUT2D eigenvalue weighted by Crippen LogP contribution is -1.90. The van der Waals surface area contributed by atoms with E-state index < -0.39 is 0 Å². The zero-order chi connectivity index (χ0) is 13.9. The number of para-hydroxylation sites is 1. The highest BCUT2D eigenvalue weighted by atomic mass is 32.2. The lowest BCUT2D eigenvalue weighted by molar-refractivity contribution is 0.625. The lowest BCUT2D eigenvalue weighted by atomic mass is 10.2. The molecule has 0 N–H and O–H groups in total. The molecule has 0 aliphatic heterocycles. The molecular formula is C17H14FNS. The number of halogens is 1. The minimum Gasteiger partial charge on any atom is -0.256 e. The average molecular weight is 283 g/mol. The van der Waals surface area contributed by atoms with E-state index in [9.17, 15) is 4.39 Å². The third-order valence-electron chi connectivity index (χ3n) is 3.23. The zero-order valence-corrected chi connectivity index (χ0v) is 11.9. The Kier molecular flexibility index (Phi) is 3.70. The second kappa shape index (κ2) is 5.63. The minimum atomic E-state index is -0.186. The molecule has 0 radical (unpaired) electrons. The van der Waals surface area contributed by atoms with Gasteiger partial charge < -0.3 is 0 Å². The van der Waals surface area contributed by atoms with Crippen LogP contribution in [0.5, 0.6) is 0 Å². The summed E-state index contributed by atoms with van der Waals surface area (Å²) >= 11 is 1.73. The molecule has 1 heterocycles. The van der Waals surface area contributed by atoms with E-state index in [1.807, 2.05) is 36.5 Å². The Morgan fingerprint density at radius 3 is 2.75 bits per heavy atom. The second-order valence-electron chi connectivity index (χ2n) is 4.64. The summed E-state index contributed by atoms with van der Waals surface area (Å²) in [6.45, 7) is 2.09. The van der Waals surface area contributed by atoms with Crippen LogP contribution in [0.1, 0.15) is 17.7 Å². The first-order valence-electron chi connectivity index (χ1n) is 6.50. The Bertz CT molecular complexity index is 736. The molecule has 100 valence electrons. The Morgan fingerprint density at radius 1 is 1.05 bits per heavy atom. The van der Waals surface area contributed by atoms with E-state index in [1.165, 1.54) is 11.0 Å². The van der Waals surface area contributed by atoms with Gasteiger partial charge in [-0.1, -0.05) is 30.3 Å². The average Bonchev–Trinajstić information content (AvgIpc) is 2.47. The fourth-order valence-corrected chi connectivity index (χ4v) is 3.29. The maximum absolute atomic E-state index is 13.3. The normalized spacial score (nSPS) is 12.5. The van der Waals surface area contributed by atoms with E-state index in [-0.39, 0.29) is 11.1 Å². The summed E-state index contributed by atoms with van der Waals surface area (Å²) in [6, 6.07) is 16.9. The number of thioether (sulfide) groups is 1. The van der Waals surface area contributed by atoms with Crippen molar-refractivity contribution in [2.45, 2.75) is 17.1 Å². The molecule has 3 heteroatoms. The van der Waals surface area contributed by atoms with E-state index in [2.05, 4.69) is 18.0 Å². The molecule has 0 saturated heterocycles. The molecule has 0 fully saturated rings. The summed E-state index contributed by atoms with van der Waals surface area (Å²) in [6.07, 6.45) is 1.82. The van der Waals surface area contributed by atoms with Gasteiger partial charge in [-0.25, -0.2) is 4.39 Å². The highest BCUT2D eigenvalue weighted by molar-refractivity contribution is 7.99. The van der Waals surface area contributed by atoms with Crippen molar-refractivity contribution < 1.29 is 4.39 Å². The van der Waals surface area contributed by atoms with E-state index in [0.717, 1.165) is 16.5 Å². The maximum Gasteiger partial charge on any atom is 0.123 e. The molecule has 0 saturated carbocycles. The smallest absolute Gasteiger partial charge is 0.123 e. The van der Waals surface area contributed by atoms with Gasteiger partial charge in [-0.15, -0.1) is 11.8 Å². The number of benzene rings is 2. The molecule has 0 spiro atoms. The fourth-order valence-electron chi connectivity index (χ4n) is 2.19. The monoisotopic (exact) mass is 283 g/mol. The van der Waals surface area contributed by atoms with Crippen molar-refractivity contribution in [3.05, 3.63) is 72.2 Å². The summed E-state index contributed by atoms with van der Waals surface area (Å²) in [5, 5.41) is 1.33. The number of nitrogens with zero attached hydrogens (tertiary/aromatic N) is 1. The number of rotatable bonds is 3. The number of aromatic nitrogens is 1. The van der Waals surface area contributed by atoms with Gasteiger partial charge >= 0.3 is 0 Å². The van der Waals surface area contributed by atoms with Gasteiger partial charge in [-0.3, -0.25) is 4.98 Å². The van der Waals surface area contributed by atoms with E-state index in [1.54, 1.807) is 23.9 Å². The van der Waals surface area contributed by atoms with Gasteiger partial charge in [-0.2, -0.15) is 0 Å². The van der Waals surface area contributed by atoms with Crippen LogP contribution in [0, 0.1) is 5.82 Å². The van der Waals surface area contributed by atoms with Crippen molar-refractivity contribution in [3.63, 3.8) is 0 Å². The SMILES string of the molecule is CC(Sc1ccnc2ccccc12)c1cccc(F)c1. The topological polar surface area (TPSA) is 12.9 Å². The zero-order valence-electron chi connectivity index (χ0n) is 11.1. The van der Waals surface area contributed by atoms with Gasteiger partial charge in [0.15, 0.2) is 0 Å². The van der Waals surface area contributed by atoms with Crippen LogP contribution in [-0.2, 0) is 0 Å². The molecule has 2 aromatic carbocycles. The van der Waals surface area contributed by atoms with Crippen molar-refractivity contribution in [2.24, 2.45) is 0 Å². The molecule has 0 aliphatic rings. The molecule has 3 aromatic rings. The fraction of sp³-hybridized carbons (Fsp3) is 0.118. The van der Waals surface area contributed by atoms with Crippen molar-refractivity contribution in [1.82, 2.24) is 4.98 Å². The third-order valence-corrected chi connectivity index (χ3v) is 4.47. The predicted molar refractivity (Wildman–Crippen MR) is 82.4 cm³/mol. The molecule has 20 heavy (non-hydrogen) atoms. The number of fused-ring (bicyclic) bond motifs is 1. The molecule has 0 aliphatic carbocycles. The summed E-state index contributed by atoms with van der Waals surface area (Å²) in [5.74, 6) is -0.186. The molecule has 1 nitrogen and oxygen atoms in total. The van der Waals surface area contributed by atoms with Gasteiger partial charge in [-0.05, 0) is 36.8 Å². The first kappa shape index (κ1) is 13.1.